The van der Waals surface area contributed by atoms with Crippen LogP contribution in [0.1, 0.15) is 26.2 Å². The van der Waals surface area contributed by atoms with Crippen LogP contribution in [-0.4, -0.2) is 35.5 Å². The highest BCUT2D eigenvalue weighted by Gasteiger charge is 2.31. The molecule has 1 N–H and O–H groups in total. The zero-order valence-corrected chi connectivity index (χ0v) is 9.50. The summed E-state index contributed by atoms with van der Waals surface area (Å²) in [5.41, 5.74) is 0. The van der Waals surface area contributed by atoms with Crippen LogP contribution < -0.4 is 0 Å². The molecule has 1 unspecified atom stereocenters. The second-order valence-corrected chi connectivity index (χ2v) is 5.79. The molecule has 2 rings (SSSR count). The fourth-order valence-electron chi connectivity index (χ4n) is 1.94. The summed E-state index contributed by atoms with van der Waals surface area (Å²) in [7, 11) is -3.33. The number of hydrogen-bond donors (Lipinski definition) is 1. The Hall–Kier alpha value is -0.880. The Morgan fingerprint density at radius 3 is 2.93 bits per heavy atom. The van der Waals surface area contributed by atoms with Gasteiger partial charge >= 0.3 is 0 Å². The van der Waals surface area contributed by atoms with Crippen LogP contribution in [0.3, 0.4) is 0 Å². The number of H-pyrrole nitrogens is 1. The van der Waals surface area contributed by atoms with Crippen molar-refractivity contribution in [2.24, 2.45) is 0 Å². The largest absolute Gasteiger partial charge is 0.284 e. The summed E-state index contributed by atoms with van der Waals surface area (Å²) in [5, 5.41) is 6.21. The predicted molar refractivity (Wildman–Crippen MR) is 55.8 cm³/mol. The molecule has 0 radical (unpaired) electrons. The molecular formula is C9H15N3O2S. The zero-order valence-electron chi connectivity index (χ0n) is 8.68. The lowest BCUT2D eigenvalue weighted by Crippen LogP contribution is -2.41. The van der Waals surface area contributed by atoms with Crippen molar-refractivity contribution in [1.82, 2.24) is 14.5 Å². The van der Waals surface area contributed by atoms with Gasteiger partial charge in [0, 0.05) is 18.8 Å². The van der Waals surface area contributed by atoms with Crippen molar-refractivity contribution in [2.75, 3.05) is 6.54 Å². The quantitative estimate of drug-likeness (QED) is 0.821. The molecule has 1 aliphatic rings. The molecule has 0 bridgehead atoms. The fraction of sp³-hybridized carbons (Fsp3) is 0.667. The molecule has 0 aliphatic carbocycles. The molecule has 0 aromatic carbocycles. The van der Waals surface area contributed by atoms with Gasteiger partial charge in [-0.15, -0.1) is 0 Å². The predicted octanol–water partition coefficient (Wildman–Crippen LogP) is 0.973. The zero-order chi connectivity index (χ0) is 10.9. The van der Waals surface area contributed by atoms with E-state index >= 15 is 0 Å². The minimum Gasteiger partial charge on any atom is -0.284 e. The van der Waals surface area contributed by atoms with E-state index in [2.05, 4.69) is 10.2 Å². The Morgan fingerprint density at radius 2 is 2.33 bits per heavy atom. The third kappa shape index (κ3) is 1.91. The van der Waals surface area contributed by atoms with Crippen LogP contribution in [0.25, 0.3) is 0 Å². The van der Waals surface area contributed by atoms with Crippen molar-refractivity contribution in [1.29, 1.82) is 0 Å². The number of nitrogens with zero attached hydrogens (tertiary/aromatic N) is 2. The van der Waals surface area contributed by atoms with Crippen molar-refractivity contribution < 1.29 is 8.42 Å². The molecule has 5 nitrogen and oxygen atoms in total. The van der Waals surface area contributed by atoms with E-state index in [0.717, 1.165) is 19.3 Å². The molecule has 0 spiro atoms. The molecule has 1 aliphatic heterocycles. The van der Waals surface area contributed by atoms with Crippen LogP contribution in [0.4, 0.5) is 0 Å². The van der Waals surface area contributed by atoms with Gasteiger partial charge in [0.15, 0.2) is 0 Å². The number of piperidine rings is 1. The van der Waals surface area contributed by atoms with Gasteiger partial charge in [0.25, 0.3) is 0 Å². The lowest BCUT2D eigenvalue weighted by Gasteiger charge is -2.31. The van der Waals surface area contributed by atoms with Gasteiger partial charge in [-0.1, -0.05) is 6.42 Å². The number of sulfonamides is 1. The monoisotopic (exact) mass is 229 g/mol. The second kappa shape index (κ2) is 3.94. The van der Waals surface area contributed by atoms with Crippen LogP contribution in [-0.2, 0) is 10.0 Å². The van der Waals surface area contributed by atoms with E-state index in [9.17, 15) is 8.42 Å². The summed E-state index contributed by atoms with van der Waals surface area (Å²) in [6.07, 6.45) is 5.78. The van der Waals surface area contributed by atoms with Crippen LogP contribution in [0.2, 0.25) is 0 Å². The van der Waals surface area contributed by atoms with Crippen molar-refractivity contribution >= 4 is 10.0 Å². The van der Waals surface area contributed by atoms with E-state index in [-0.39, 0.29) is 10.9 Å². The van der Waals surface area contributed by atoms with E-state index < -0.39 is 10.0 Å². The van der Waals surface area contributed by atoms with Gasteiger partial charge in [-0.05, 0) is 19.8 Å². The summed E-state index contributed by atoms with van der Waals surface area (Å²) >= 11 is 0. The van der Waals surface area contributed by atoms with Crippen LogP contribution >= 0.6 is 0 Å². The number of hydrogen-bond acceptors (Lipinski definition) is 3. The molecule has 84 valence electrons. The van der Waals surface area contributed by atoms with Crippen molar-refractivity contribution in [2.45, 2.75) is 37.1 Å². The molecule has 0 saturated carbocycles. The van der Waals surface area contributed by atoms with Crippen LogP contribution in [0.15, 0.2) is 17.3 Å². The maximum atomic E-state index is 12.1. The van der Waals surface area contributed by atoms with Crippen molar-refractivity contribution in [3.05, 3.63) is 12.4 Å². The lowest BCUT2D eigenvalue weighted by molar-refractivity contribution is 0.268. The number of rotatable bonds is 2. The first-order valence-corrected chi connectivity index (χ1v) is 6.57. The van der Waals surface area contributed by atoms with Crippen molar-refractivity contribution in [3.8, 4) is 0 Å². The first-order valence-electron chi connectivity index (χ1n) is 5.13. The van der Waals surface area contributed by atoms with E-state index in [1.165, 1.54) is 12.4 Å². The molecular weight excluding hydrogens is 214 g/mol. The highest BCUT2D eigenvalue weighted by Crippen LogP contribution is 2.24. The molecule has 1 saturated heterocycles. The highest BCUT2D eigenvalue weighted by atomic mass is 32.2. The third-order valence-electron chi connectivity index (χ3n) is 2.82. The molecule has 1 fully saturated rings. The number of aromatic nitrogens is 2. The number of aromatic amines is 1. The van der Waals surface area contributed by atoms with Gasteiger partial charge in [-0.25, -0.2) is 8.42 Å². The second-order valence-electron chi connectivity index (χ2n) is 3.89. The Kier molecular flexibility index (Phi) is 2.79. The Bertz CT molecular complexity index is 413. The summed E-state index contributed by atoms with van der Waals surface area (Å²) in [5.74, 6) is 0. The topological polar surface area (TPSA) is 66.1 Å². The first kappa shape index (κ1) is 10.6. The van der Waals surface area contributed by atoms with E-state index in [0.29, 0.717) is 6.54 Å². The standard InChI is InChI=1S/C9H15N3O2S/c1-8-4-2-3-5-12(8)15(13,14)9-6-10-11-7-9/h6-8H,2-5H2,1H3,(H,10,11). The minimum absolute atomic E-state index is 0.0960. The molecule has 0 amide bonds. The van der Waals surface area contributed by atoms with Gasteiger partial charge in [-0.3, -0.25) is 5.10 Å². The maximum absolute atomic E-state index is 12.1. The average Bonchev–Trinajstić information content (AvgIpc) is 2.71. The Morgan fingerprint density at radius 1 is 1.53 bits per heavy atom. The summed E-state index contributed by atoms with van der Waals surface area (Å²) < 4.78 is 25.8. The first-order chi connectivity index (χ1) is 7.12. The van der Waals surface area contributed by atoms with Crippen molar-refractivity contribution in [3.63, 3.8) is 0 Å². The normalized spacial score (nSPS) is 24.2. The average molecular weight is 229 g/mol. The molecule has 6 heteroatoms. The van der Waals surface area contributed by atoms with Gasteiger partial charge < -0.3 is 0 Å². The lowest BCUT2D eigenvalue weighted by atomic mass is 10.1. The van der Waals surface area contributed by atoms with Gasteiger partial charge in [0.1, 0.15) is 4.90 Å². The van der Waals surface area contributed by atoms with Crippen LogP contribution in [0.5, 0.6) is 0 Å². The SMILES string of the molecule is CC1CCCCN1S(=O)(=O)c1cn[nH]c1. The summed E-state index contributed by atoms with van der Waals surface area (Å²) in [4.78, 5) is 0.260. The highest BCUT2D eigenvalue weighted by molar-refractivity contribution is 7.89. The Labute approximate surface area is 89.5 Å². The minimum atomic E-state index is -3.33. The molecule has 1 aromatic heterocycles. The molecule has 2 heterocycles. The van der Waals surface area contributed by atoms with E-state index in [4.69, 9.17) is 0 Å². The third-order valence-corrected chi connectivity index (χ3v) is 4.80. The number of nitrogens with one attached hydrogen (secondary N) is 1. The molecule has 15 heavy (non-hydrogen) atoms. The Balaban J connectivity index is 2.29. The molecule has 1 aromatic rings. The summed E-state index contributed by atoms with van der Waals surface area (Å²) in [6, 6.07) is 0.0960. The van der Waals surface area contributed by atoms with E-state index in [1.54, 1.807) is 4.31 Å². The van der Waals surface area contributed by atoms with Gasteiger partial charge in [-0.2, -0.15) is 9.40 Å². The fourth-order valence-corrected chi connectivity index (χ4v) is 3.55. The van der Waals surface area contributed by atoms with Gasteiger partial charge in [0.2, 0.25) is 10.0 Å². The molecule has 1 atom stereocenters. The summed E-state index contributed by atoms with van der Waals surface area (Å²) in [6.45, 7) is 2.57. The van der Waals surface area contributed by atoms with E-state index in [1.807, 2.05) is 6.92 Å². The smallest absolute Gasteiger partial charge is 0.246 e. The van der Waals surface area contributed by atoms with Gasteiger partial charge in [0.05, 0.1) is 6.20 Å². The maximum Gasteiger partial charge on any atom is 0.246 e. The van der Waals surface area contributed by atoms with Crippen LogP contribution in [0, 0.1) is 0 Å².